The highest BCUT2D eigenvalue weighted by atomic mass is 16.2. The van der Waals surface area contributed by atoms with Crippen molar-refractivity contribution in [1.82, 2.24) is 4.90 Å². The van der Waals surface area contributed by atoms with E-state index in [4.69, 9.17) is 5.73 Å². The van der Waals surface area contributed by atoms with Crippen LogP contribution in [0.2, 0.25) is 0 Å². The monoisotopic (exact) mass is 248 g/mol. The minimum absolute atomic E-state index is 0.00935. The summed E-state index contributed by atoms with van der Waals surface area (Å²) in [6.45, 7) is 9.42. The Balaban J connectivity index is 2.93. The third-order valence-corrected chi connectivity index (χ3v) is 3.07. The molecule has 100 valence electrons. The molecular weight excluding hydrogens is 224 g/mol. The summed E-state index contributed by atoms with van der Waals surface area (Å²) in [7, 11) is 0. The van der Waals surface area contributed by atoms with Crippen LogP contribution in [0.25, 0.3) is 0 Å². The van der Waals surface area contributed by atoms with Crippen molar-refractivity contribution in [2.75, 3.05) is 13.1 Å². The van der Waals surface area contributed by atoms with Crippen molar-refractivity contribution >= 4 is 5.91 Å². The van der Waals surface area contributed by atoms with Crippen LogP contribution >= 0.6 is 0 Å². The first kappa shape index (κ1) is 14.7. The topological polar surface area (TPSA) is 46.3 Å². The number of carbonyl (C=O) groups is 1. The predicted octanol–water partition coefficient (Wildman–Crippen LogP) is 2.37. The molecule has 18 heavy (non-hydrogen) atoms. The highest BCUT2D eigenvalue weighted by Crippen LogP contribution is 2.20. The van der Waals surface area contributed by atoms with Crippen molar-refractivity contribution in [3.8, 4) is 0 Å². The molecule has 0 radical (unpaired) electrons. The Bertz CT molecular complexity index is 385. The quantitative estimate of drug-likeness (QED) is 0.869. The second-order valence-electron chi connectivity index (χ2n) is 5.31. The molecule has 0 spiro atoms. The highest BCUT2D eigenvalue weighted by Gasteiger charge is 2.33. The van der Waals surface area contributed by atoms with E-state index < -0.39 is 5.54 Å². The van der Waals surface area contributed by atoms with Gasteiger partial charge >= 0.3 is 0 Å². The molecule has 0 fully saturated rings. The number of nitrogens with two attached hydrogens (primary N) is 1. The highest BCUT2D eigenvalue weighted by molar-refractivity contribution is 5.87. The van der Waals surface area contributed by atoms with Gasteiger partial charge in [-0.15, -0.1) is 0 Å². The number of amides is 1. The van der Waals surface area contributed by atoms with E-state index in [1.165, 1.54) is 0 Å². The molecule has 0 aliphatic carbocycles. The summed E-state index contributed by atoms with van der Waals surface area (Å²) in [5.41, 5.74) is 6.15. The fourth-order valence-electron chi connectivity index (χ4n) is 2.03. The van der Waals surface area contributed by atoms with Gasteiger partial charge in [-0.1, -0.05) is 44.2 Å². The summed E-state index contributed by atoms with van der Waals surface area (Å²) in [6.07, 6.45) is 0. The van der Waals surface area contributed by atoms with E-state index in [0.717, 1.165) is 12.1 Å². The lowest BCUT2D eigenvalue weighted by Gasteiger charge is -2.32. The van der Waals surface area contributed by atoms with Crippen molar-refractivity contribution in [2.45, 2.75) is 33.2 Å². The van der Waals surface area contributed by atoms with Crippen molar-refractivity contribution in [2.24, 2.45) is 11.7 Å². The Morgan fingerprint density at radius 2 is 1.89 bits per heavy atom. The van der Waals surface area contributed by atoms with Crippen LogP contribution in [0, 0.1) is 5.92 Å². The Morgan fingerprint density at radius 3 is 2.33 bits per heavy atom. The normalized spacial score (nSPS) is 14.3. The van der Waals surface area contributed by atoms with Crippen LogP contribution in [0.1, 0.15) is 33.3 Å². The maximum atomic E-state index is 12.5. The maximum absolute atomic E-state index is 12.5. The molecule has 0 bridgehead atoms. The van der Waals surface area contributed by atoms with Gasteiger partial charge in [0.15, 0.2) is 0 Å². The minimum Gasteiger partial charge on any atom is -0.341 e. The van der Waals surface area contributed by atoms with E-state index >= 15 is 0 Å². The lowest BCUT2D eigenvalue weighted by molar-refractivity contribution is -0.137. The number of hydrogen-bond donors (Lipinski definition) is 1. The molecule has 1 aromatic rings. The van der Waals surface area contributed by atoms with Crippen LogP contribution in [0.4, 0.5) is 0 Å². The summed E-state index contributed by atoms with van der Waals surface area (Å²) in [6, 6.07) is 9.55. The van der Waals surface area contributed by atoms with Gasteiger partial charge in [-0.25, -0.2) is 0 Å². The zero-order valence-electron chi connectivity index (χ0n) is 11.8. The Morgan fingerprint density at radius 1 is 1.33 bits per heavy atom. The number of carbonyl (C=O) groups excluding carboxylic acids is 1. The molecule has 0 saturated heterocycles. The van der Waals surface area contributed by atoms with Gasteiger partial charge in [-0.3, -0.25) is 4.79 Å². The van der Waals surface area contributed by atoms with Gasteiger partial charge in [0, 0.05) is 13.1 Å². The van der Waals surface area contributed by atoms with Gasteiger partial charge in [0.1, 0.15) is 5.54 Å². The van der Waals surface area contributed by atoms with Crippen LogP contribution in [0.15, 0.2) is 30.3 Å². The SMILES string of the molecule is CCN(CC(C)C)C(=O)C(C)(N)c1ccccc1. The van der Waals surface area contributed by atoms with Gasteiger partial charge < -0.3 is 10.6 Å². The third kappa shape index (κ3) is 3.33. The molecule has 0 heterocycles. The molecule has 1 amide bonds. The molecule has 1 rings (SSSR count). The molecule has 3 nitrogen and oxygen atoms in total. The van der Waals surface area contributed by atoms with E-state index in [0.29, 0.717) is 12.5 Å². The molecule has 0 aromatic heterocycles. The van der Waals surface area contributed by atoms with Gasteiger partial charge in [-0.2, -0.15) is 0 Å². The van der Waals surface area contributed by atoms with Gasteiger partial charge in [0.2, 0.25) is 5.91 Å². The van der Waals surface area contributed by atoms with Crippen molar-refractivity contribution < 1.29 is 4.79 Å². The largest absolute Gasteiger partial charge is 0.341 e. The lowest BCUT2D eigenvalue weighted by Crippen LogP contribution is -2.51. The molecular formula is C15H24N2O. The first-order chi connectivity index (χ1) is 8.39. The average molecular weight is 248 g/mol. The molecule has 0 saturated carbocycles. The van der Waals surface area contributed by atoms with Gasteiger partial charge in [-0.05, 0) is 25.3 Å². The first-order valence-corrected chi connectivity index (χ1v) is 6.53. The number of benzene rings is 1. The van der Waals surface area contributed by atoms with Crippen LogP contribution in [0.5, 0.6) is 0 Å². The number of likely N-dealkylation sites (N-methyl/N-ethyl adjacent to an activating group) is 1. The van der Waals surface area contributed by atoms with E-state index in [9.17, 15) is 4.79 Å². The number of nitrogens with zero attached hydrogens (tertiary/aromatic N) is 1. The summed E-state index contributed by atoms with van der Waals surface area (Å²) < 4.78 is 0. The van der Waals surface area contributed by atoms with Crippen LogP contribution in [-0.4, -0.2) is 23.9 Å². The van der Waals surface area contributed by atoms with E-state index in [1.54, 1.807) is 6.92 Å². The summed E-state index contributed by atoms with van der Waals surface area (Å²) in [5.74, 6) is 0.436. The van der Waals surface area contributed by atoms with Crippen molar-refractivity contribution in [1.29, 1.82) is 0 Å². The maximum Gasteiger partial charge on any atom is 0.246 e. The lowest BCUT2D eigenvalue weighted by atomic mass is 9.91. The van der Waals surface area contributed by atoms with Gasteiger partial charge in [0.25, 0.3) is 0 Å². The minimum atomic E-state index is -0.952. The Hall–Kier alpha value is -1.35. The number of rotatable bonds is 5. The molecule has 0 aliphatic rings. The molecule has 1 aromatic carbocycles. The molecule has 3 heteroatoms. The van der Waals surface area contributed by atoms with E-state index in [1.807, 2.05) is 42.2 Å². The number of hydrogen-bond acceptors (Lipinski definition) is 2. The molecule has 2 N–H and O–H groups in total. The zero-order chi connectivity index (χ0) is 13.8. The summed E-state index contributed by atoms with van der Waals surface area (Å²) in [5, 5.41) is 0. The van der Waals surface area contributed by atoms with E-state index in [-0.39, 0.29) is 5.91 Å². The standard InChI is InChI=1S/C15H24N2O/c1-5-17(11-12(2)3)14(18)15(4,16)13-9-7-6-8-10-13/h6-10,12H,5,11,16H2,1-4H3. The fourth-order valence-corrected chi connectivity index (χ4v) is 2.03. The summed E-state index contributed by atoms with van der Waals surface area (Å²) >= 11 is 0. The first-order valence-electron chi connectivity index (χ1n) is 6.53. The molecule has 1 atom stereocenters. The van der Waals surface area contributed by atoms with Crippen molar-refractivity contribution in [3.05, 3.63) is 35.9 Å². The molecule has 0 aliphatic heterocycles. The zero-order valence-corrected chi connectivity index (χ0v) is 11.8. The smallest absolute Gasteiger partial charge is 0.246 e. The Labute approximate surface area is 110 Å². The predicted molar refractivity (Wildman–Crippen MR) is 75.1 cm³/mol. The molecule has 1 unspecified atom stereocenters. The van der Waals surface area contributed by atoms with Crippen LogP contribution < -0.4 is 5.73 Å². The third-order valence-electron chi connectivity index (χ3n) is 3.07. The van der Waals surface area contributed by atoms with Crippen molar-refractivity contribution in [3.63, 3.8) is 0 Å². The second kappa shape index (κ2) is 6.01. The Kier molecular flexibility index (Phi) is 4.91. The average Bonchev–Trinajstić information content (AvgIpc) is 2.36. The van der Waals surface area contributed by atoms with Crippen LogP contribution in [-0.2, 0) is 10.3 Å². The van der Waals surface area contributed by atoms with Crippen LogP contribution in [0.3, 0.4) is 0 Å². The summed E-state index contributed by atoms with van der Waals surface area (Å²) in [4.78, 5) is 14.4. The van der Waals surface area contributed by atoms with E-state index in [2.05, 4.69) is 13.8 Å². The fraction of sp³-hybridized carbons (Fsp3) is 0.533. The second-order valence-corrected chi connectivity index (χ2v) is 5.31. The van der Waals surface area contributed by atoms with Gasteiger partial charge in [0.05, 0.1) is 0 Å².